The summed E-state index contributed by atoms with van der Waals surface area (Å²) in [5, 5.41) is 10.8. The summed E-state index contributed by atoms with van der Waals surface area (Å²) in [6.07, 6.45) is 5.03. The molecule has 1 saturated heterocycles. The molecule has 24 heavy (non-hydrogen) atoms. The summed E-state index contributed by atoms with van der Waals surface area (Å²) >= 11 is 1.57. The molecule has 0 bridgehead atoms. The second-order valence-electron chi connectivity index (χ2n) is 5.75. The lowest BCUT2D eigenvalue weighted by Crippen LogP contribution is -2.43. The lowest BCUT2D eigenvalue weighted by atomic mass is 9.90. The highest BCUT2D eigenvalue weighted by Gasteiger charge is 2.30. The first-order valence-corrected chi connectivity index (χ1v) is 9.07. The van der Waals surface area contributed by atoms with E-state index in [1.165, 1.54) is 11.0 Å². The van der Waals surface area contributed by atoms with E-state index in [2.05, 4.69) is 15.5 Å². The minimum Gasteiger partial charge on any atom is -0.340 e. The number of carbonyl (C=O) groups excluding carboxylic acids is 2. The SMILES string of the molecule is CSc1ccccc1C(=O)C1CCCN(C(=O)Cn2cnnn2)C1. The third kappa shape index (κ3) is 3.64. The predicted octanol–water partition coefficient (Wildman–Crippen LogP) is 1.52. The van der Waals surface area contributed by atoms with Gasteiger partial charge >= 0.3 is 0 Å². The second kappa shape index (κ2) is 7.57. The van der Waals surface area contributed by atoms with Crippen molar-refractivity contribution in [1.82, 2.24) is 25.1 Å². The molecule has 126 valence electrons. The van der Waals surface area contributed by atoms with E-state index < -0.39 is 0 Å². The van der Waals surface area contributed by atoms with Crippen LogP contribution >= 0.6 is 11.8 Å². The Morgan fingerprint density at radius 3 is 2.92 bits per heavy atom. The van der Waals surface area contributed by atoms with Gasteiger partial charge in [0.1, 0.15) is 12.9 Å². The molecule has 0 saturated carbocycles. The molecular formula is C16H19N5O2S. The number of carbonyl (C=O) groups is 2. The maximum Gasteiger partial charge on any atom is 0.244 e. The van der Waals surface area contributed by atoms with Crippen LogP contribution in [0.1, 0.15) is 23.2 Å². The number of Topliss-reactive ketones (excluding diaryl/α,β-unsaturated/α-hetero) is 1. The van der Waals surface area contributed by atoms with E-state index in [9.17, 15) is 9.59 Å². The molecule has 2 heterocycles. The topological polar surface area (TPSA) is 81.0 Å². The Bertz CT molecular complexity index is 719. The van der Waals surface area contributed by atoms with Crippen molar-refractivity contribution in [2.45, 2.75) is 24.3 Å². The van der Waals surface area contributed by atoms with Crippen LogP contribution in [0.5, 0.6) is 0 Å². The number of hydrogen-bond acceptors (Lipinski definition) is 6. The molecule has 0 N–H and O–H groups in total. The number of rotatable bonds is 5. The predicted molar refractivity (Wildman–Crippen MR) is 89.7 cm³/mol. The molecule has 1 aromatic heterocycles. The number of likely N-dealkylation sites (tertiary alicyclic amines) is 1. The van der Waals surface area contributed by atoms with E-state index in [0.717, 1.165) is 23.3 Å². The fourth-order valence-corrected chi connectivity index (χ4v) is 3.58. The van der Waals surface area contributed by atoms with E-state index in [-0.39, 0.29) is 24.2 Å². The number of piperidine rings is 1. The quantitative estimate of drug-likeness (QED) is 0.604. The molecule has 2 aromatic rings. The van der Waals surface area contributed by atoms with E-state index in [1.807, 2.05) is 30.5 Å². The van der Waals surface area contributed by atoms with Gasteiger partial charge in [0.2, 0.25) is 5.91 Å². The molecule has 1 aliphatic rings. The highest BCUT2D eigenvalue weighted by Crippen LogP contribution is 2.26. The van der Waals surface area contributed by atoms with Crippen molar-refractivity contribution in [2.75, 3.05) is 19.3 Å². The van der Waals surface area contributed by atoms with Gasteiger partial charge < -0.3 is 4.90 Å². The highest BCUT2D eigenvalue weighted by molar-refractivity contribution is 7.98. The molecule has 7 nitrogen and oxygen atoms in total. The van der Waals surface area contributed by atoms with Gasteiger partial charge in [-0.05, 0) is 35.6 Å². The van der Waals surface area contributed by atoms with Crippen LogP contribution < -0.4 is 0 Å². The van der Waals surface area contributed by atoms with Crippen molar-refractivity contribution >= 4 is 23.5 Å². The first kappa shape index (κ1) is 16.6. The van der Waals surface area contributed by atoms with Gasteiger partial charge in [-0.15, -0.1) is 16.9 Å². The fourth-order valence-electron chi connectivity index (χ4n) is 2.98. The van der Waals surface area contributed by atoms with Crippen molar-refractivity contribution in [1.29, 1.82) is 0 Å². The van der Waals surface area contributed by atoms with Crippen LogP contribution in [0.25, 0.3) is 0 Å². The van der Waals surface area contributed by atoms with Crippen LogP contribution in [0.3, 0.4) is 0 Å². The van der Waals surface area contributed by atoms with Crippen LogP contribution in [0, 0.1) is 5.92 Å². The summed E-state index contributed by atoms with van der Waals surface area (Å²) in [7, 11) is 0. The molecule has 0 radical (unpaired) electrons. The average Bonchev–Trinajstić information content (AvgIpc) is 3.14. The number of ketones is 1. The summed E-state index contributed by atoms with van der Waals surface area (Å²) in [5.41, 5.74) is 0.754. The van der Waals surface area contributed by atoms with Gasteiger partial charge in [0.25, 0.3) is 0 Å². The Hall–Kier alpha value is -2.22. The Labute approximate surface area is 144 Å². The Kier molecular flexibility index (Phi) is 5.24. The van der Waals surface area contributed by atoms with Crippen LogP contribution in [-0.4, -0.2) is 56.1 Å². The maximum atomic E-state index is 12.9. The number of tetrazole rings is 1. The number of benzene rings is 1. The normalized spacial score (nSPS) is 17.7. The fraction of sp³-hybridized carbons (Fsp3) is 0.438. The molecule has 1 atom stereocenters. The standard InChI is InChI=1S/C16H19N5O2S/c1-24-14-7-3-2-6-13(14)16(23)12-5-4-8-20(9-12)15(22)10-21-11-17-18-19-21/h2-3,6-7,11-12H,4-5,8-10H2,1H3. The summed E-state index contributed by atoms with van der Waals surface area (Å²) in [5.74, 6) is -0.0808. The van der Waals surface area contributed by atoms with Crippen molar-refractivity contribution in [2.24, 2.45) is 5.92 Å². The Morgan fingerprint density at radius 2 is 2.17 bits per heavy atom. The number of amides is 1. The summed E-state index contributed by atoms with van der Waals surface area (Å²) < 4.78 is 1.40. The van der Waals surface area contributed by atoms with E-state index in [4.69, 9.17) is 0 Å². The zero-order valence-electron chi connectivity index (χ0n) is 13.5. The molecule has 1 fully saturated rings. The number of nitrogens with zero attached hydrogens (tertiary/aromatic N) is 5. The summed E-state index contributed by atoms with van der Waals surface area (Å²) in [6, 6.07) is 7.65. The number of thioether (sulfide) groups is 1. The van der Waals surface area contributed by atoms with E-state index in [1.54, 1.807) is 16.7 Å². The van der Waals surface area contributed by atoms with Gasteiger partial charge in [-0.2, -0.15) is 0 Å². The van der Waals surface area contributed by atoms with Crippen molar-refractivity contribution in [3.8, 4) is 0 Å². The van der Waals surface area contributed by atoms with Crippen molar-refractivity contribution in [3.63, 3.8) is 0 Å². The van der Waals surface area contributed by atoms with Gasteiger partial charge in [0.05, 0.1) is 0 Å². The highest BCUT2D eigenvalue weighted by atomic mass is 32.2. The van der Waals surface area contributed by atoms with Gasteiger partial charge in [-0.3, -0.25) is 9.59 Å². The van der Waals surface area contributed by atoms with Crippen molar-refractivity contribution < 1.29 is 9.59 Å². The molecular weight excluding hydrogens is 326 g/mol. The largest absolute Gasteiger partial charge is 0.340 e. The monoisotopic (exact) mass is 345 g/mol. The van der Waals surface area contributed by atoms with E-state index >= 15 is 0 Å². The maximum absolute atomic E-state index is 12.9. The minimum atomic E-state index is -0.148. The molecule has 1 aliphatic heterocycles. The van der Waals surface area contributed by atoms with Crippen LogP contribution in [-0.2, 0) is 11.3 Å². The second-order valence-corrected chi connectivity index (χ2v) is 6.60. The van der Waals surface area contributed by atoms with Gasteiger partial charge in [-0.25, -0.2) is 4.68 Å². The van der Waals surface area contributed by atoms with Crippen LogP contribution in [0.15, 0.2) is 35.5 Å². The first-order chi connectivity index (χ1) is 11.7. The van der Waals surface area contributed by atoms with Crippen LogP contribution in [0.4, 0.5) is 0 Å². The molecule has 3 rings (SSSR count). The van der Waals surface area contributed by atoms with Crippen LogP contribution in [0.2, 0.25) is 0 Å². The average molecular weight is 345 g/mol. The molecule has 8 heteroatoms. The molecule has 1 amide bonds. The molecule has 0 aliphatic carbocycles. The zero-order valence-corrected chi connectivity index (χ0v) is 14.3. The summed E-state index contributed by atoms with van der Waals surface area (Å²) in [6.45, 7) is 1.24. The van der Waals surface area contributed by atoms with Gasteiger partial charge in [-0.1, -0.05) is 18.2 Å². The Morgan fingerprint density at radius 1 is 1.33 bits per heavy atom. The van der Waals surface area contributed by atoms with E-state index in [0.29, 0.717) is 13.1 Å². The number of aromatic nitrogens is 4. The lowest BCUT2D eigenvalue weighted by molar-refractivity contribution is -0.133. The molecule has 1 aromatic carbocycles. The lowest BCUT2D eigenvalue weighted by Gasteiger charge is -2.32. The molecule has 0 spiro atoms. The third-order valence-electron chi connectivity index (χ3n) is 4.21. The Balaban J connectivity index is 1.68. The first-order valence-electron chi connectivity index (χ1n) is 7.85. The minimum absolute atomic E-state index is 0.0575. The number of hydrogen-bond donors (Lipinski definition) is 0. The zero-order chi connectivity index (χ0) is 16.9. The van der Waals surface area contributed by atoms with Crippen molar-refractivity contribution in [3.05, 3.63) is 36.2 Å². The third-order valence-corrected chi connectivity index (χ3v) is 5.00. The van der Waals surface area contributed by atoms with Gasteiger partial charge in [0, 0.05) is 29.5 Å². The molecule has 1 unspecified atom stereocenters. The summed E-state index contributed by atoms with van der Waals surface area (Å²) in [4.78, 5) is 28.0. The smallest absolute Gasteiger partial charge is 0.244 e. The van der Waals surface area contributed by atoms with Gasteiger partial charge in [0.15, 0.2) is 5.78 Å².